The van der Waals surface area contributed by atoms with E-state index in [1.165, 1.54) is 49.7 Å². The maximum Gasteiger partial charge on any atom is 0.140 e. The van der Waals surface area contributed by atoms with Gasteiger partial charge in [-0.3, -0.25) is 0 Å². The quantitative estimate of drug-likeness (QED) is 0.174. The maximum atomic E-state index is 6.96. The Morgan fingerprint density at radius 1 is 0.356 bits per heavy atom. The molecule has 0 bridgehead atoms. The monoisotopic (exact) mass is 751 g/mol. The third-order valence-corrected chi connectivity index (χ3v) is 12.5. The van der Waals surface area contributed by atoms with Crippen LogP contribution in [0.5, 0.6) is 11.5 Å². The highest BCUT2D eigenvalue weighted by atomic mass is 16.5. The Hall–Kier alpha value is -7.68. The summed E-state index contributed by atoms with van der Waals surface area (Å²) in [5.74, 6) is 1.81. The second-order valence-electron chi connectivity index (χ2n) is 15.6. The van der Waals surface area contributed by atoms with Gasteiger partial charge in [0.25, 0.3) is 0 Å². The van der Waals surface area contributed by atoms with Crippen LogP contribution in [0.15, 0.2) is 224 Å². The molecule has 0 saturated heterocycles. The summed E-state index contributed by atoms with van der Waals surface area (Å²) in [5, 5.41) is 4.73. The van der Waals surface area contributed by atoms with Gasteiger partial charge in [-0.2, -0.15) is 0 Å². The van der Waals surface area contributed by atoms with Crippen molar-refractivity contribution >= 4 is 38.6 Å². The van der Waals surface area contributed by atoms with E-state index >= 15 is 0 Å². The number of anilines is 3. The lowest BCUT2D eigenvalue weighted by Crippen LogP contribution is -2.32. The van der Waals surface area contributed by atoms with Crippen molar-refractivity contribution in [3.63, 3.8) is 0 Å². The molecule has 1 aliphatic heterocycles. The van der Waals surface area contributed by atoms with Crippen LogP contribution < -0.4 is 9.64 Å². The Kier molecular flexibility index (Phi) is 7.48. The topological polar surface area (TPSA) is 12.5 Å². The largest absolute Gasteiger partial charge is 0.456 e. The Morgan fingerprint density at radius 3 is 1.83 bits per heavy atom. The Morgan fingerprint density at radius 2 is 0.966 bits per heavy atom. The minimum Gasteiger partial charge on any atom is -0.456 e. The number of benzene rings is 10. The van der Waals surface area contributed by atoms with Gasteiger partial charge in [0, 0.05) is 33.3 Å². The van der Waals surface area contributed by atoms with Crippen LogP contribution in [0.2, 0.25) is 0 Å². The van der Waals surface area contributed by atoms with Crippen molar-refractivity contribution in [2.24, 2.45) is 0 Å². The van der Waals surface area contributed by atoms with E-state index in [9.17, 15) is 0 Å². The summed E-state index contributed by atoms with van der Waals surface area (Å²) < 4.78 is 6.96. The van der Waals surface area contributed by atoms with Crippen LogP contribution in [0, 0.1) is 0 Å². The summed E-state index contributed by atoms with van der Waals surface area (Å²) in [6, 6.07) is 81.7. The molecular weight excluding hydrogens is 715 g/mol. The van der Waals surface area contributed by atoms with E-state index in [0.717, 1.165) is 56.0 Å². The van der Waals surface area contributed by atoms with E-state index in [1.54, 1.807) is 0 Å². The zero-order chi connectivity index (χ0) is 38.9. The lowest BCUT2D eigenvalue weighted by molar-refractivity contribution is 0.441. The third-order valence-electron chi connectivity index (χ3n) is 12.5. The summed E-state index contributed by atoms with van der Waals surface area (Å²) >= 11 is 0. The highest BCUT2D eigenvalue weighted by Crippen LogP contribution is 2.65. The molecule has 10 aromatic rings. The van der Waals surface area contributed by atoms with Crippen molar-refractivity contribution in [3.8, 4) is 44.9 Å². The van der Waals surface area contributed by atoms with E-state index in [0.29, 0.717) is 0 Å². The Labute approximate surface area is 343 Å². The lowest BCUT2D eigenvalue weighted by atomic mass is 9.65. The smallest absolute Gasteiger partial charge is 0.140 e. The van der Waals surface area contributed by atoms with Crippen LogP contribution >= 0.6 is 0 Å². The second kappa shape index (κ2) is 13.2. The van der Waals surface area contributed by atoms with Gasteiger partial charge < -0.3 is 9.64 Å². The van der Waals surface area contributed by atoms with E-state index in [4.69, 9.17) is 4.74 Å². The summed E-state index contributed by atoms with van der Waals surface area (Å²) in [6.45, 7) is 0. The lowest BCUT2D eigenvalue weighted by Gasteiger charge is -2.40. The van der Waals surface area contributed by atoms with Crippen molar-refractivity contribution in [2.45, 2.75) is 5.41 Å². The molecule has 1 atom stereocenters. The van der Waals surface area contributed by atoms with Crippen LogP contribution in [0.1, 0.15) is 22.3 Å². The number of hydrogen-bond donors (Lipinski definition) is 0. The minimum atomic E-state index is -0.614. The van der Waals surface area contributed by atoms with Gasteiger partial charge >= 0.3 is 0 Å². The molecule has 0 fully saturated rings. The molecule has 59 heavy (non-hydrogen) atoms. The minimum absolute atomic E-state index is 0.614. The maximum absolute atomic E-state index is 6.96. The molecule has 10 aromatic carbocycles. The fraction of sp³-hybridized carbons (Fsp3) is 0.0175. The molecular formula is C57H37NO. The zero-order valence-electron chi connectivity index (χ0n) is 32.2. The van der Waals surface area contributed by atoms with Crippen LogP contribution in [0.25, 0.3) is 54.9 Å². The van der Waals surface area contributed by atoms with Gasteiger partial charge in [-0.25, -0.2) is 0 Å². The fourth-order valence-electron chi connectivity index (χ4n) is 9.96. The number of rotatable bonds is 5. The molecule has 2 nitrogen and oxygen atoms in total. The first-order valence-corrected chi connectivity index (χ1v) is 20.3. The summed E-state index contributed by atoms with van der Waals surface area (Å²) in [5.41, 5.74) is 14.7. The summed E-state index contributed by atoms with van der Waals surface area (Å²) in [6.07, 6.45) is 0. The first-order chi connectivity index (χ1) is 29.3. The summed E-state index contributed by atoms with van der Waals surface area (Å²) in [7, 11) is 0. The van der Waals surface area contributed by atoms with E-state index in [2.05, 4.69) is 229 Å². The Balaban J connectivity index is 1.15. The predicted molar refractivity (Wildman–Crippen MR) is 244 cm³/mol. The van der Waals surface area contributed by atoms with Gasteiger partial charge in [-0.15, -0.1) is 0 Å². The van der Waals surface area contributed by atoms with Crippen molar-refractivity contribution in [3.05, 3.63) is 247 Å². The molecule has 0 amide bonds. The Bertz CT molecular complexity index is 3260. The number of ether oxygens (including phenoxy) is 1. The molecule has 0 saturated carbocycles. The molecule has 2 aliphatic rings. The predicted octanol–water partition coefficient (Wildman–Crippen LogP) is 15.3. The third kappa shape index (κ3) is 5.00. The average molecular weight is 752 g/mol. The molecule has 1 aliphatic carbocycles. The van der Waals surface area contributed by atoms with Gasteiger partial charge in [0.15, 0.2) is 0 Å². The van der Waals surface area contributed by atoms with E-state index in [-0.39, 0.29) is 0 Å². The second-order valence-corrected chi connectivity index (χ2v) is 15.6. The highest BCUT2D eigenvalue weighted by Gasteiger charge is 2.52. The molecule has 12 rings (SSSR count). The fourth-order valence-corrected chi connectivity index (χ4v) is 9.96. The van der Waals surface area contributed by atoms with Crippen molar-refractivity contribution in [1.82, 2.24) is 0 Å². The van der Waals surface area contributed by atoms with Crippen LogP contribution in [-0.2, 0) is 5.41 Å². The highest BCUT2D eigenvalue weighted by molar-refractivity contribution is 6.02. The van der Waals surface area contributed by atoms with Gasteiger partial charge in [0.1, 0.15) is 11.5 Å². The SMILES string of the molecule is c1ccc(-c2ccc(N(c3ccccc3-c3ccc4ccccc4c3)c3cccc4c3-c3ccccc3C43c4ccccc4Oc4c3ccc3ccccc43)cc2)cc1. The standard InChI is InChI=1S/C57H37NO/c1-2-15-38(16-3-1)40-31-34-44(35-32-40)58(52-26-12-9-20-45(52)43-30-29-39-17-4-5-19-42(39)37-43)53-27-14-25-50-55(53)47-22-8-10-23-48(47)57(50)49-24-11-13-28-54(49)59-56-46-21-7-6-18-41(46)33-36-51(56)57/h1-37H. The molecule has 0 N–H and O–H groups in total. The van der Waals surface area contributed by atoms with Gasteiger partial charge in [0.05, 0.1) is 16.8 Å². The van der Waals surface area contributed by atoms with Crippen molar-refractivity contribution in [2.75, 3.05) is 4.90 Å². The average Bonchev–Trinajstić information content (AvgIpc) is 3.60. The molecule has 276 valence electrons. The molecule has 1 spiro atoms. The van der Waals surface area contributed by atoms with Crippen LogP contribution in [-0.4, -0.2) is 0 Å². The van der Waals surface area contributed by atoms with Gasteiger partial charge in [-0.1, -0.05) is 188 Å². The number of para-hydroxylation sites is 2. The normalized spacial score (nSPS) is 14.6. The number of fused-ring (bicyclic) bond motifs is 12. The van der Waals surface area contributed by atoms with Crippen molar-refractivity contribution in [1.29, 1.82) is 0 Å². The first kappa shape index (κ1) is 33.5. The molecule has 0 radical (unpaired) electrons. The first-order valence-electron chi connectivity index (χ1n) is 20.3. The molecule has 2 heteroatoms. The van der Waals surface area contributed by atoms with E-state index < -0.39 is 5.41 Å². The van der Waals surface area contributed by atoms with E-state index in [1.807, 2.05) is 0 Å². The number of nitrogens with zero attached hydrogens (tertiary/aromatic N) is 1. The zero-order valence-corrected chi connectivity index (χ0v) is 32.2. The summed E-state index contributed by atoms with van der Waals surface area (Å²) in [4.78, 5) is 2.49. The van der Waals surface area contributed by atoms with Gasteiger partial charge in [-0.05, 0) is 85.9 Å². The van der Waals surface area contributed by atoms with Crippen molar-refractivity contribution < 1.29 is 4.74 Å². The number of hydrogen-bond acceptors (Lipinski definition) is 2. The molecule has 1 heterocycles. The molecule has 1 unspecified atom stereocenters. The molecule has 0 aromatic heterocycles. The van der Waals surface area contributed by atoms with Crippen LogP contribution in [0.3, 0.4) is 0 Å². The van der Waals surface area contributed by atoms with Crippen LogP contribution in [0.4, 0.5) is 17.1 Å². The van der Waals surface area contributed by atoms with Gasteiger partial charge in [0.2, 0.25) is 0 Å².